The number of benzene rings is 4. The van der Waals surface area contributed by atoms with Crippen LogP contribution in [-0.4, -0.2) is 49.1 Å². The average molecular weight is 552 g/mol. The normalized spacial score (nSPS) is 12.7. The highest BCUT2D eigenvalue weighted by atomic mass is 16.5. The predicted octanol–water partition coefficient (Wildman–Crippen LogP) is 5.51. The molecule has 4 aromatic carbocycles. The highest BCUT2D eigenvalue weighted by molar-refractivity contribution is 6.13. The Morgan fingerprint density at radius 2 is 1.44 bits per heavy atom. The van der Waals surface area contributed by atoms with Gasteiger partial charge in [0, 0.05) is 25.3 Å². The van der Waals surface area contributed by atoms with Crippen LogP contribution in [0, 0.1) is 0 Å². The molecule has 2 amide bonds. The molecule has 0 bridgehead atoms. The summed E-state index contributed by atoms with van der Waals surface area (Å²) in [4.78, 5) is 28.2. The number of hydrogen-bond acceptors (Lipinski definition) is 6. The first-order valence-electron chi connectivity index (χ1n) is 13.5. The van der Waals surface area contributed by atoms with Crippen LogP contribution in [0.2, 0.25) is 0 Å². The molecule has 0 aliphatic carbocycles. The van der Waals surface area contributed by atoms with Crippen LogP contribution in [0.1, 0.15) is 37.4 Å². The number of carbonyl (C=O) groups is 2. The Bertz CT molecular complexity index is 1550. The number of rotatable bonds is 9. The number of amides is 2. The van der Waals surface area contributed by atoms with Crippen LogP contribution in [0.4, 0.5) is 11.4 Å². The first kappa shape index (κ1) is 27.7. The Morgan fingerprint density at radius 3 is 2.15 bits per heavy atom. The fourth-order valence-electron chi connectivity index (χ4n) is 5.02. The summed E-state index contributed by atoms with van der Waals surface area (Å²) in [5, 5.41) is 15.6. The van der Waals surface area contributed by atoms with Crippen LogP contribution < -0.4 is 20.1 Å². The van der Waals surface area contributed by atoms with E-state index in [2.05, 4.69) is 27.7 Å². The molecule has 1 aliphatic heterocycles. The van der Waals surface area contributed by atoms with Gasteiger partial charge in [-0.3, -0.25) is 14.5 Å². The van der Waals surface area contributed by atoms with E-state index in [1.807, 2.05) is 24.3 Å². The van der Waals surface area contributed by atoms with Crippen LogP contribution in [0.25, 0.3) is 0 Å². The zero-order chi connectivity index (χ0) is 28.8. The molecule has 4 aromatic rings. The van der Waals surface area contributed by atoms with Crippen molar-refractivity contribution in [3.8, 4) is 17.2 Å². The third-order valence-electron chi connectivity index (χ3n) is 7.29. The van der Waals surface area contributed by atoms with Gasteiger partial charge in [0.2, 0.25) is 0 Å². The molecular formula is C33H33N3O5. The maximum absolute atomic E-state index is 13.1. The van der Waals surface area contributed by atoms with Crippen LogP contribution in [0.5, 0.6) is 17.2 Å². The fourth-order valence-corrected chi connectivity index (χ4v) is 5.02. The van der Waals surface area contributed by atoms with E-state index in [0.717, 1.165) is 44.0 Å². The number of anilines is 2. The van der Waals surface area contributed by atoms with E-state index < -0.39 is 5.91 Å². The maximum Gasteiger partial charge on any atom is 0.259 e. The topological polar surface area (TPSA) is 100 Å². The lowest BCUT2D eigenvalue weighted by molar-refractivity contribution is 0.102. The second-order valence-electron chi connectivity index (χ2n) is 9.92. The van der Waals surface area contributed by atoms with Gasteiger partial charge in [-0.2, -0.15) is 0 Å². The van der Waals surface area contributed by atoms with E-state index in [9.17, 15) is 14.7 Å². The van der Waals surface area contributed by atoms with Crippen molar-refractivity contribution in [2.24, 2.45) is 0 Å². The van der Waals surface area contributed by atoms with Crippen LogP contribution in [-0.2, 0) is 19.4 Å². The zero-order valence-electron chi connectivity index (χ0n) is 23.1. The van der Waals surface area contributed by atoms with E-state index >= 15 is 0 Å². The SMILES string of the molecule is COc1cc2c(cc1OC)CN(CCc1ccc(NC(=O)c3ccccc3NC(=O)c3ccccc3O)cc1)CC2. The van der Waals surface area contributed by atoms with E-state index in [4.69, 9.17) is 9.47 Å². The molecule has 0 spiro atoms. The minimum atomic E-state index is -0.497. The number of nitrogens with one attached hydrogen (secondary N) is 2. The molecular weight excluding hydrogens is 518 g/mol. The molecule has 0 saturated carbocycles. The highest BCUT2D eigenvalue weighted by Crippen LogP contribution is 2.33. The molecule has 8 heteroatoms. The predicted molar refractivity (Wildman–Crippen MR) is 159 cm³/mol. The molecule has 0 aromatic heterocycles. The number of carbonyl (C=O) groups excluding carboxylic acids is 2. The number of para-hydroxylation sites is 2. The quantitative estimate of drug-likeness (QED) is 0.254. The molecule has 0 saturated heterocycles. The van der Waals surface area contributed by atoms with Crippen molar-refractivity contribution < 1.29 is 24.2 Å². The number of fused-ring (bicyclic) bond motifs is 1. The summed E-state index contributed by atoms with van der Waals surface area (Å²) < 4.78 is 10.9. The molecule has 0 atom stereocenters. The Balaban J connectivity index is 1.18. The molecule has 5 rings (SSSR count). The first-order chi connectivity index (χ1) is 19.9. The van der Waals surface area contributed by atoms with E-state index in [1.54, 1.807) is 50.6 Å². The summed E-state index contributed by atoms with van der Waals surface area (Å²) in [6.07, 6.45) is 1.85. The van der Waals surface area contributed by atoms with Gasteiger partial charge in [-0.15, -0.1) is 0 Å². The third-order valence-corrected chi connectivity index (χ3v) is 7.29. The molecule has 1 aliphatic rings. The van der Waals surface area contributed by atoms with Crippen molar-refractivity contribution >= 4 is 23.2 Å². The number of aromatic hydroxyl groups is 1. The van der Waals surface area contributed by atoms with E-state index in [0.29, 0.717) is 16.9 Å². The molecule has 3 N–H and O–H groups in total. The Labute approximate surface area is 239 Å². The minimum absolute atomic E-state index is 0.127. The standard InChI is InChI=1S/C33H33N3O5/c1-40-30-19-23-16-18-36(21-24(23)20-31(30)41-2)17-15-22-11-13-25(14-12-22)34-32(38)26-7-3-5-9-28(26)35-33(39)27-8-4-6-10-29(27)37/h3-14,19-20,37H,15-18,21H2,1-2H3,(H,34,38)(H,35,39). The molecule has 0 unspecified atom stereocenters. The Kier molecular flexibility index (Phi) is 8.50. The van der Waals surface area contributed by atoms with Gasteiger partial charge in [0.05, 0.1) is 31.0 Å². The van der Waals surface area contributed by atoms with Crippen molar-refractivity contribution in [3.05, 3.63) is 113 Å². The summed E-state index contributed by atoms with van der Waals surface area (Å²) in [6, 6.07) is 25.0. The third kappa shape index (κ3) is 6.50. The summed E-state index contributed by atoms with van der Waals surface area (Å²) in [5.74, 6) is 0.561. The van der Waals surface area contributed by atoms with Gasteiger partial charge in [-0.25, -0.2) is 0 Å². The van der Waals surface area contributed by atoms with Crippen molar-refractivity contribution in [3.63, 3.8) is 0 Å². The van der Waals surface area contributed by atoms with Crippen molar-refractivity contribution in [2.75, 3.05) is 37.9 Å². The largest absolute Gasteiger partial charge is 0.507 e. The van der Waals surface area contributed by atoms with Crippen LogP contribution in [0.3, 0.4) is 0 Å². The molecule has 210 valence electrons. The summed E-state index contributed by atoms with van der Waals surface area (Å²) in [6.45, 7) is 2.77. The van der Waals surface area contributed by atoms with Crippen molar-refractivity contribution in [1.82, 2.24) is 4.90 Å². The summed E-state index contributed by atoms with van der Waals surface area (Å²) in [7, 11) is 3.32. The lowest BCUT2D eigenvalue weighted by Gasteiger charge is -2.29. The second kappa shape index (κ2) is 12.6. The number of hydrogen-bond donors (Lipinski definition) is 3. The summed E-state index contributed by atoms with van der Waals surface area (Å²) in [5.41, 5.74) is 5.22. The maximum atomic E-state index is 13.1. The molecule has 1 heterocycles. The second-order valence-corrected chi connectivity index (χ2v) is 9.92. The van der Waals surface area contributed by atoms with Gasteiger partial charge < -0.3 is 25.2 Å². The van der Waals surface area contributed by atoms with Gasteiger partial charge >= 0.3 is 0 Å². The highest BCUT2D eigenvalue weighted by Gasteiger charge is 2.20. The number of phenolic OH excluding ortho intramolecular Hbond substituents is 1. The van der Waals surface area contributed by atoms with Crippen LogP contribution >= 0.6 is 0 Å². The summed E-state index contributed by atoms with van der Waals surface area (Å²) >= 11 is 0. The molecule has 8 nitrogen and oxygen atoms in total. The van der Waals surface area contributed by atoms with Crippen molar-refractivity contribution in [2.45, 2.75) is 19.4 Å². The lowest BCUT2D eigenvalue weighted by Crippen LogP contribution is -2.32. The average Bonchev–Trinajstić information content (AvgIpc) is 3.00. The number of nitrogens with zero attached hydrogens (tertiary/aromatic N) is 1. The molecule has 0 fully saturated rings. The van der Waals surface area contributed by atoms with Crippen molar-refractivity contribution in [1.29, 1.82) is 0 Å². The first-order valence-corrected chi connectivity index (χ1v) is 13.5. The van der Waals surface area contributed by atoms with Gasteiger partial charge in [-0.05, 0) is 78.1 Å². The number of ether oxygens (including phenoxy) is 2. The van der Waals surface area contributed by atoms with Gasteiger partial charge in [-0.1, -0.05) is 36.4 Å². The number of phenols is 1. The van der Waals surface area contributed by atoms with Gasteiger partial charge in [0.25, 0.3) is 11.8 Å². The van der Waals surface area contributed by atoms with E-state index in [1.165, 1.54) is 28.8 Å². The monoisotopic (exact) mass is 551 g/mol. The number of methoxy groups -OCH3 is 2. The Hall–Kier alpha value is -4.82. The zero-order valence-corrected chi connectivity index (χ0v) is 23.1. The fraction of sp³-hybridized carbons (Fsp3) is 0.212. The van der Waals surface area contributed by atoms with Gasteiger partial charge in [0.1, 0.15) is 5.75 Å². The Morgan fingerprint density at radius 1 is 0.805 bits per heavy atom. The minimum Gasteiger partial charge on any atom is -0.507 e. The van der Waals surface area contributed by atoms with E-state index in [-0.39, 0.29) is 17.2 Å². The molecule has 0 radical (unpaired) electrons. The molecule has 41 heavy (non-hydrogen) atoms. The van der Waals surface area contributed by atoms with Gasteiger partial charge in [0.15, 0.2) is 11.5 Å². The lowest BCUT2D eigenvalue weighted by atomic mass is 9.98. The van der Waals surface area contributed by atoms with Crippen LogP contribution in [0.15, 0.2) is 84.9 Å². The smallest absolute Gasteiger partial charge is 0.259 e.